The van der Waals surface area contributed by atoms with E-state index < -0.39 is 10.0 Å². The normalized spacial score (nSPS) is 11.8. The lowest BCUT2D eigenvalue weighted by atomic mass is 10.0. The first kappa shape index (κ1) is 34.3. The Hall–Kier alpha value is -3.62. The molecule has 0 fully saturated rings. The van der Waals surface area contributed by atoms with Gasteiger partial charge in [-0.3, -0.25) is 9.52 Å². The molecule has 0 bridgehead atoms. The summed E-state index contributed by atoms with van der Waals surface area (Å²) in [5.74, 6) is 0.695. The van der Waals surface area contributed by atoms with E-state index in [0.29, 0.717) is 23.6 Å². The lowest BCUT2D eigenvalue weighted by Crippen LogP contribution is -2.28. The zero-order valence-corrected chi connectivity index (χ0v) is 28.2. The largest absolute Gasteiger partial charge is 0.494 e. The molecule has 0 saturated heterocycles. The van der Waals surface area contributed by atoms with E-state index in [0.717, 1.165) is 67.7 Å². The molecular formula is C37H49N3O4S. The fourth-order valence-electron chi connectivity index (χ4n) is 5.46. The number of ketones is 1. The minimum absolute atomic E-state index is 0.0665. The van der Waals surface area contributed by atoms with Crippen LogP contribution in [0.4, 0.5) is 5.69 Å². The van der Waals surface area contributed by atoms with Gasteiger partial charge in [0.05, 0.1) is 22.9 Å². The molecule has 0 atom stereocenters. The number of benzene rings is 2. The Bertz CT molecular complexity index is 1620. The number of fused-ring (bicyclic) bond motifs is 1. The molecule has 2 aromatic heterocycles. The van der Waals surface area contributed by atoms with Gasteiger partial charge in [0.15, 0.2) is 0 Å². The van der Waals surface area contributed by atoms with Gasteiger partial charge in [-0.1, -0.05) is 57.7 Å². The highest BCUT2D eigenvalue weighted by Gasteiger charge is 2.21. The summed E-state index contributed by atoms with van der Waals surface area (Å²) in [6.07, 6.45) is 10.3. The van der Waals surface area contributed by atoms with Crippen molar-refractivity contribution >= 4 is 27.0 Å². The first-order valence-corrected chi connectivity index (χ1v) is 18.0. The van der Waals surface area contributed by atoms with Crippen LogP contribution in [0.2, 0.25) is 0 Å². The fraction of sp³-hybridized carbons (Fsp3) is 0.432. The second-order valence-electron chi connectivity index (χ2n) is 11.9. The lowest BCUT2D eigenvalue weighted by Gasteiger charge is -2.21. The molecule has 0 amide bonds. The summed E-state index contributed by atoms with van der Waals surface area (Å²) >= 11 is 0. The Morgan fingerprint density at radius 2 is 1.47 bits per heavy atom. The zero-order chi connectivity index (χ0) is 32.2. The molecule has 2 aromatic carbocycles. The molecule has 4 rings (SSSR count). The third-order valence-electron chi connectivity index (χ3n) is 8.11. The van der Waals surface area contributed by atoms with Crippen molar-refractivity contribution in [3.8, 4) is 5.75 Å². The number of carbonyl (C=O) groups is 1. The van der Waals surface area contributed by atoms with Crippen LogP contribution >= 0.6 is 0 Å². The van der Waals surface area contributed by atoms with Crippen LogP contribution in [0, 0.1) is 6.92 Å². The number of aryl methyl sites for hydroxylation is 2. The average molecular weight is 632 g/mol. The number of rotatable bonds is 19. The maximum atomic E-state index is 13.9. The lowest BCUT2D eigenvalue weighted by molar-refractivity contribution is 0.103. The summed E-state index contributed by atoms with van der Waals surface area (Å²) in [5, 5.41) is 0. The molecule has 7 nitrogen and oxygen atoms in total. The number of aromatic nitrogens is 1. The number of unbranched alkanes of at least 4 members (excludes halogenated alkanes) is 3. The predicted octanol–water partition coefficient (Wildman–Crippen LogP) is 8.29. The standard InChI is InChI=1S/C37H49N3O4S/c1-5-8-12-31-27-33-28-32(38-45(42,43)35-19-13-29(4)14-20-35)21-25-40(33)36(31)37(41)30-15-17-34(18-16-30)44-26-11-24-39(22-9-6-2)23-10-7-3/h13-21,25,27-28,38H,5-12,22-24,26H2,1-4H3. The van der Waals surface area contributed by atoms with Gasteiger partial charge in [0.1, 0.15) is 5.75 Å². The maximum Gasteiger partial charge on any atom is 0.261 e. The number of pyridine rings is 1. The van der Waals surface area contributed by atoms with Crippen LogP contribution in [-0.2, 0) is 16.4 Å². The van der Waals surface area contributed by atoms with E-state index in [1.807, 2.05) is 41.7 Å². The molecular weight excluding hydrogens is 582 g/mol. The average Bonchev–Trinajstić information content (AvgIpc) is 3.40. The van der Waals surface area contributed by atoms with Crippen LogP contribution in [-0.4, -0.2) is 49.7 Å². The highest BCUT2D eigenvalue weighted by molar-refractivity contribution is 7.92. The Morgan fingerprint density at radius 1 is 0.822 bits per heavy atom. The van der Waals surface area contributed by atoms with Crippen LogP contribution in [0.3, 0.4) is 0 Å². The number of nitrogens with one attached hydrogen (secondary N) is 1. The summed E-state index contributed by atoms with van der Waals surface area (Å²) in [7, 11) is -3.74. The molecule has 2 heterocycles. The molecule has 0 unspecified atom stereocenters. The Kier molecular flexibility index (Phi) is 12.7. The monoisotopic (exact) mass is 631 g/mol. The minimum Gasteiger partial charge on any atom is -0.494 e. The van der Waals surface area contributed by atoms with Gasteiger partial charge in [-0.25, -0.2) is 8.42 Å². The minimum atomic E-state index is -3.74. The van der Waals surface area contributed by atoms with Crippen LogP contribution in [0.15, 0.2) is 77.8 Å². The quantitative estimate of drug-likeness (QED) is 0.0832. The second kappa shape index (κ2) is 16.6. The number of sulfonamides is 1. The molecule has 45 heavy (non-hydrogen) atoms. The van der Waals surface area contributed by atoms with Crippen molar-refractivity contribution in [3.63, 3.8) is 0 Å². The van der Waals surface area contributed by atoms with E-state index in [1.165, 1.54) is 25.7 Å². The van der Waals surface area contributed by atoms with E-state index in [4.69, 9.17) is 4.74 Å². The van der Waals surface area contributed by atoms with Crippen LogP contribution in [0.1, 0.15) is 92.9 Å². The van der Waals surface area contributed by atoms with Crippen molar-refractivity contribution in [1.82, 2.24) is 9.30 Å². The van der Waals surface area contributed by atoms with Crippen molar-refractivity contribution in [2.75, 3.05) is 31.0 Å². The van der Waals surface area contributed by atoms with Gasteiger partial charge in [0.25, 0.3) is 10.0 Å². The van der Waals surface area contributed by atoms with Gasteiger partial charge >= 0.3 is 0 Å². The molecule has 0 radical (unpaired) electrons. The Labute approximate surface area is 269 Å². The molecule has 0 aliphatic rings. The molecule has 0 aliphatic heterocycles. The summed E-state index contributed by atoms with van der Waals surface area (Å²) in [6, 6.07) is 19.6. The molecule has 8 heteroatoms. The van der Waals surface area contributed by atoms with Crippen molar-refractivity contribution in [1.29, 1.82) is 0 Å². The van der Waals surface area contributed by atoms with Crippen LogP contribution in [0.25, 0.3) is 5.52 Å². The first-order chi connectivity index (χ1) is 21.7. The number of nitrogens with zero attached hydrogens (tertiary/aromatic N) is 2. The maximum absolute atomic E-state index is 13.9. The number of anilines is 1. The number of carbonyl (C=O) groups excluding carboxylic acids is 1. The summed E-state index contributed by atoms with van der Waals surface area (Å²) in [6.45, 7) is 12.5. The van der Waals surface area contributed by atoms with E-state index in [-0.39, 0.29) is 10.7 Å². The molecule has 0 aliphatic carbocycles. The molecule has 0 saturated carbocycles. The molecule has 242 valence electrons. The Balaban J connectivity index is 1.46. The highest BCUT2D eigenvalue weighted by atomic mass is 32.2. The van der Waals surface area contributed by atoms with Crippen molar-refractivity contribution < 1.29 is 17.9 Å². The second-order valence-corrected chi connectivity index (χ2v) is 13.5. The third-order valence-corrected chi connectivity index (χ3v) is 9.51. The van der Waals surface area contributed by atoms with E-state index in [9.17, 15) is 13.2 Å². The summed E-state index contributed by atoms with van der Waals surface area (Å²) in [5.41, 5.74) is 4.36. The number of hydrogen-bond acceptors (Lipinski definition) is 5. The van der Waals surface area contributed by atoms with Gasteiger partial charge in [-0.2, -0.15) is 0 Å². The molecule has 4 aromatic rings. The zero-order valence-electron chi connectivity index (χ0n) is 27.3. The smallest absolute Gasteiger partial charge is 0.261 e. The van der Waals surface area contributed by atoms with Crippen molar-refractivity contribution in [2.24, 2.45) is 0 Å². The predicted molar refractivity (Wildman–Crippen MR) is 184 cm³/mol. The number of ether oxygens (including phenoxy) is 1. The SMILES string of the molecule is CCCCc1cc2cc(NS(=O)(=O)c3ccc(C)cc3)ccn2c1C(=O)c1ccc(OCCCN(CCCC)CCCC)cc1. The highest BCUT2D eigenvalue weighted by Crippen LogP contribution is 2.26. The first-order valence-electron chi connectivity index (χ1n) is 16.5. The van der Waals surface area contributed by atoms with Gasteiger partial charge in [0.2, 0.25) is 5.78 Å². The van der Waals surface area contributed by atoms with Gasteiger partial charge < -0.3 is 14.0 Å². The van der Waals surface area contributed by atoms with E-state index >= 15 is 0 Å². The summed E-state index contributed by atoms with van der Waals surface area (Å²) in [4.78, 5) is 16.6. The Morgan fingerprint density at radius 3 is 2.11 bits per heavy atom. The van der Waals surface area contributed by atoms with Crippen molar-refractivity contribution in [2.45, 2.75) is 84.0 Å². The third kappa shape index (κ3) is 9.44. The van der Waals surface area contributed by atoms with Gasteiger partial charge in [0, 0.05) is 23.8 Å². The van der Waals surface area contributed by atoms with Crippen molar-refractivity contribution in [3.05, 3.63) is 95.3 Å². The fourth-order valence-corrected chi connectivity index (χ4v) is 6.51. The van der Waals surface area contributed by atoms with Crippen LogP contribution in [0.5, 0.6) is 5.75 Å². The number of hydrogen-bond donors (Lipinski definition) is 1. The van der Waals surface area contributed by atoms with Crippen LogP contribution < -0.4 is 9.46 Å². The van der Waals surface area contributed by atoms with E-state index in [2.05, 4.69) is 30.4 Å². The van der Waals surface area contributed by atoms with E-state index in [1.54, 1.807) is 42.6 Å². The topological polar surface area (TPSA) is 80.1 Å². The van der Waals surface area contributed by atoms with Gasteiger partial charge in [-0.15, -0.1) is 0 Å². The molecule has 1 N–H and O–H groups in total. The van der Waals surface area contributed by atoms with Gasteiger partial charge in [-0.05, 0) is 112 Å². The summed E-state index contributed by atoms with van der Waals surface area (Å²) < 4.78 is 36.6. The molecule has 0 spiro atoms.